The van der Waals surface area contributed by atoms with Crippen LogP contribution in [0.15, 0.2) is 35.7 Å². The molecule has 1 atom stereocenters. The second-order valence-electron chi connectivity index (χ2n) is 4.55. The molecular formula is C16H21NO2S. The van der Waals surface area contributed by atoms with Crippen LogP contribution in [0.5, 0.6) is 11.5 Å². The van der Waals surface area contributed by atoms with Crippen LogP contribution in [0, 0.1) is 0 Å². The lowest BCUT2D eigenvalue weighted by atomic mass is 10.0. The summed E-state index contributed by atoms with van der Waals surface area (Å²) in [5, 5.41) is 5.59. The fourth-order valence-electron chi connectivity index (χ4n) is 2.14. The van der Waals surface area contributed by atoms with Gasteiger partial charge in [0.1, 0.15) is 11.5 Å². The molecule has 0 aliphatic carbocycles. The lowest BCUT2D eigenvalue weighted by Gasteiger charge is -2.16. The molecule has 0 aliphatic heterocycles. The second-order valence-corrected chi connectivity index (χ2v) is 5.49. The predicted octanol–water partition coefficient (Wildman–Crippen LogP) is 3.66. The van der Waals surface area contributed by atoms with Gasteiger partial charge in [-0.1, -0.05) is 19.1 Å². The molecule has 0 spiro atoms. The van der Waals surface area contributed by atoms with Crippen molar-refractivity contribution in [2.24, 2.45) is 0 Å². The molecule has 2 rings (SSSR count). The van der Waals surface area contributed by atoms with Crippen molar-refractivity contribution in [2.75, 3.05) is 20.8 Å². The number of methoxy groups -OCH3 is 2. The van der Waals surface area contributed by atoms with Crippen molar-refractivity contribution in [1.29, 1.82) is 0 Å². The molecule has 0 saturated heterocycles. The Morgan fingerprint density at radius 3 is 2.35 bits per heavy atom. The molecule has 1 N–H and O–H groups in total. The van der Waals surface area contributed by atoms with Crippen LogP contribution >= 0.6 is 11.3 Å². The third kappa shape index (κ3) is 3.74. The van der Waals surface area contributed by atoms with Crippen LogP contribution in [0.25, 0.3) is 0 Å². The SMILES string of the molecule is CCNC(Cc1ccc(OC)cc1)c1cc(OC)cs1. The number of likely N-dealkylation sites (N-methyl/N-ethyl adjacent to an activating group) is 1. The molecule has 0 fully saturated rings. The molecular weight excluding hydrogens is 270 g/mol. The summed E-state index contributed by atoms with van der Waals surface area (Å²) in [6.07, 6.45) is 0.960. The number of hydrogen-bond acceptors (Lipinski definition) is 4. The first-order valence-corrected chi connectivity index (χ1v) is 7.63. The Morgan fingerprint density at radius 2 is 1.80 bits per heavy atom. The van der Waals surface area contributed by atoms with Gasteiger partial charge in [0, 0.05) is 16.3 Å². The molecule has 108 valence electrons. The third-order valence-corrected chi connectivity index (χ3v) is 4.25. The summed E-state index contributed by atoms with van der Waals surface area (Å²) >= 11 is 1.74. The average molecular weight is 291 g/mol. The maximum absolute atomic E-state index is 5.27. The fraction of sp³-hybridized carbons (Fsp3) is 0.375. The van der Waals surface area contributed by atoms with Crippen LogP contribution in [0.2, 0.25) is 0 Å². The van der Waals surface area contributed by atoms with E-state index in [4.69, 9.17) is 9.47 Å². The van der Waals surface area contributed by atoms with Gasteiger partial charge in [0.15, 0.2) is 0 Å². The number of ether oxygens (including phenoxy) is 2. The minimum Gasteiger partial charge on any atom is -0.497 e. The van der Waals surface area contributed by atoms with Crippen LogP contribution < -0.4 is 14.8 Å². The Hall–Kier alpha value is -1.52. The second kappa shape index (κ2) is 7.31. The molecule has 1 aromatic carbocycles. The van der Waals surface area contributed by atoms with Crippen molar-refractivity contribution in [2.45, 2.75) is 19.4 Å². The Kier molecular flexibility index (Phi) is 5.44. The molecule has 2 aromatic rings. The van der Waals surface area contributed by atoms with E-state index in [-0.39, 0.29) is 0 Å². The highest BCUT2D eigenvalue weighted by Crippen LogP contribution is 2.29. The normalized spacial score (nSPS) is 12.2. The molecule has 0 amide bonds. The van der Waals surface area contributed by atoms with Crippen molar-refractivity contribution in [3.8, 4) is 11.5 Å². The highest BCUT2D eigenvalue weighted by atomic mass is 32.1. The molecule has 1 heterocycles. The number of nitrogens with one attached hydrogen (secondary N) is 1. The summed E-state index contributed by atoms with van der Waals surface area (Å²) in [4.78, 5) is 1.31. The largest absolute Gasteiger partial charge is 0.497 e. The summed E-state index contributed by atoms with van der Waals surface area (Å²) in [5.41, 5.74) is 1.30. The summed E-state index contributed by atoms with van der Waals surface area (Å²) in [6.45, 7) is 3.08. The van der Waals surface area contributed by atoms with E-state index in [2.05, 4.69) is 30.4 Å². The number of rotatable bonds is 7. The summed E-state index contributed by atoms with van der Waals surface area (Å²) < 4.78 is 10.5. The summed E-state index contributed by atoms with van der Waals surface area (Å²) in [6, 6.07) is 10.7. The van der Waals surface area contributed by atoms with Gasteiger partial charge in [-0.05, 0) is 36.7 Å². The number of benzene rings is 1. The van der Waals surface area contributed by atoms with Crippen LogP contribution in [0.3, 0.4) is 0 Å². The van der Waals surface area contributed by atoms with Crippen LogP contribution in [0.4, 0.5) is 0 Å². The quantitative estimate of drug-likeness (QED) is 0.844. The standard InChI is InChI=1S/C16H21NO2S/c1-4-17-15(16-10-14(19-3)11-20-16)9-12-5-7-13(18-2)8-6-12/h5-8,10-11,15,17H,4,9H2,1-3H3. The van der Waals surface area contributed by atoms with E-state index in [9.17, 15) is 0 Å². The van der Waals surface area contributed by atoms with E-state index in [0.29, 0.717) is 6.04 Å². The van der Waals surface area contributed by atoms with E-state index in [1.807, 2.05) is 17.5 Å². The highest BCUT2D eigenvalue weighted by molar-refractivity contribution is 7.10. The van der Waals surface area contributed by atoms with Gasteiger partial charge in [-0.3, -0.25) is 0 Å². The number of thiophene rings is 1. The zero-order valence-corrected chi connectivity index (χ0v) is 13.0. The first-order chi connectivity index (χ1) is 9.76. The zero-order chi connectivity index (χ0) is 14.4. The van der Waals surface area contributed by atoms with Crippen molar-refractivity contribution in [3.63, 3.8) is 0 Å². The minimum absolute atomic E-state index is 0.322. The van der Waals surface area contributed by atoms with Gasteiger partial charge in [-0.2, -0.15) is 0 Å². The Morgan fingerprint density at radius 1 is 1.10 bits per heavy atom. The average Bonchev–Trinajstić information content (AvgIpc) is 2.96. The van der Waals surface area contributed by atoms with E-state index in [1.54, 1.807) is 25.6 Å². The maximum Gasteiger partial charge on any atom is 0.129 e. The zero-order valence-electron chi connectivity index (χ0n) is 12.2. The van der Waals surface area contributed by atoms with Gasteiger partial charge in [0.05, 0.1) is 14.2 Å². The summed E-state index contributed by atoms with van der Waals surface area (Å²) in [5.74, 6) is 1.83. The predicted molar refractivity (Wildman–Crippen MR) is 84.0 cm³/mol. The summed E-state index contributed by atoms with van der Waals surface area (Å²) in [7, 11) is 3.39. The first kappa shape index (κ1) is 14.9. The Labute approximate surface area is 124 Å². The molecule has 1 aromatic heterocycles. The minimum atomic E-state index is 0.322. The van der Waals surface area contributed by atoms with Crippen molar-refractivity contribution >= 4 is 11.3 Å². The van der Waals surface area contributed by atoms with Crippen molar-refractivity contribution in [1.82, 2.24) is 5.32 Å². The topological polar surface area (TPSA) is 30.5 Å². The van der Waals surface area contributed by atoms with Gasteiger partial charge in [-0.15, -0.1) is 11.3 Å². The van der Waals surface area contributed by atoms with Crippen molar-refractivity contribution < 1.29 is 9.47 Å². The van der Waals surface area contributed by atoms with Crippen LogP contribution in [-0.2, 0) is 6.42 Å². The third-order valence-electron chi connectivity index (χ3n) is 3.22. The van der Waals surface area contributed by atoms with Gasteiger partial charge >= 0.3 is 0 Å². The fourth-order valence-corrected chi connectivity index (χ4v) is 3.07. The van der Waals surface area contributed by atoms with Gasteiger partial charge in [0.2, 0.25) is 0 Å². The highest BCUT2D eigenvalue weighted by Gasteiger charge is 2.14. The molecule has 0 saturated carbocycles. The lowest BCUT2D eigenvalue weighted by Crippen LogP contribution is -2.22. The molecule has 1 unspecified atom stereocenters. The number of hydrogen-bond donors (Lipinski definition) is 1. The molecule has 0 aliphatic rings. The van der Waals surface area contributed by atoms with Gasteiger partial charge < -0.3 is 14.8 Å². The first-order valence-electron chi connectivity index (χ1n) is 6.75. The molecule has 0 radical (unpaired) electrons. The lowest BCUT2D eigenvalue weighted by molar-refractivity contribution is 0.414. The van der Waals surface area contributed by atoms with Crippen molar-refractivity contribution in [3.05, 3.63) is 46.2 Å². The Balaban J connectivity index is 2.11. The van der Waals surface area contributed by atoms with Crippen LogP contribution in [-0.4, -0.2) is 20.8 Å². The van der Waals surface area contributed by atoms with E-state index in [1.165, 1.54) is 10.4 Å². The molecule has 0 bridgehead atoms. The Bertz CT molecular complexity index is 522. The van der Waals surface area contributed by atoms with E-state index < -0.39 is 0 Å². The molecule has 4 heteroatoms. The van der Waals surface area contributed by atoms with E-state index >= 15 is 0 Å². The monoisotopic (exact) mass is 291 g/mol. The van der Waals surface area contributed by atoms with Gasteiger partial charge in [0.25, 0.3) is 0 Å². The maximum atomic E-state index is 5.27. The molecule has 20 heavy (non-hydrogen) atoms. The van der Waals surface area contributed by atoms with Crippen LogP contribution in [0.1, 0.15) is 23.4 Å². The smallest absolute Gasteiger partial charge is 0.129 e. The molecule has 3 nitrogen and oxygen atoms in total. The van der Waals surface area contributed by atoms with E-state index in [0.717, 1.165) is 24.5 Å². The van der Waals surface area contributed by atoms with Gasteiger partial charge in [-0.25, -0.2) is 0 Å².